The van der Waals surface area contributed by atoms with Crippen LogP contribution in [0.15, 0.2) is 18.2 Å². The van der Waals surface area contributed by atoms with Crippen molar-refractivity contribution in [3.63, 3.8) is 0 Å². The first kappa shape index (κ1) is 20.1. The molecule has 0 atom stereocenters. The number of nitrogens with two attached hydrogens (primary N) is 1. The van der Waals surface area contributed by atoms with Gasteiger partial charge in [0.05, 0.1) is 25.0 Å². The van der Waals surface area contributed by atoms with Gasteiger partial charge in [0.15, 0.2) is 0 Å². The summed E-state index contributed by atoms with van der Waals surface area (Å²) in [5.41, 5.74) is 6.74. The second-order valence-corrected chi connectivity index (χ2v) is 5.97. The van der Waals surface area contributed by atoms with E-state index in [4.69, 9.17) is 10.5 Å². The van der Waals surface area contributed by atoms with Gasteiger partial charge in [-0.25, -0.2) is 0 Å². The Labute approximate surface area is 148 Å². The lowest BCUT2D eigenvalue weighted by atomic mass is 10.0. The van der Waals surface area contributed by atoms with Gasteiger partial charge in [0.2, 0.25) is 11.8 Å². The number of nitrogen functional groups attached to an aromatic ring is 1. The molecule has 0 saturated heterocycles. The number of carbonyl (C=O) groups is 2. The van der Waals surface area contributed by atoms with E-state index in [1.165, 1.54) is 25.7 Å². The number of halogens is 1. The molecule has 0 unspecified atom stereocenters. The molecule has 6 nitrogen and oxygen atoms in total. The van der Waals surface area contributed by atoms with E-state index in [2.05, 4.69) is 10.6 Å². The highest BCUT2D eigenvalue weighted by Crippen LogP contribution is 2.28. The number of anilines is 2. The van der Waals surface area contributed by atoms with Crippen LogP contribution < -0.4 is 21.1 Å². The Balaban J connectivity index is 0.00000288. The topological polar surface area (TPSA) is 93.4 Å². The average Bonchev–Trinajstić information content (AvgIpc) is 3.06. The zero-order chi connectivity index (χ0) is 16.7. The highest BCUT2D eigenvalue weighted by molar-refractivity contribution is 5.97. The Morgan fingerprint density at radius 3 is 2.62 bits per heavy atom. The van der Waals surface area contributed by atoms with Crippen LogP contribution in [0, 0.1) is 5.92 Å². The van der Waals surface area contributed by atoms with E-state index in [1.807, 2.05) is 0 Å². The van der Waals surface area contributed by atoms with Gasteiger partial charge in [-0.15, -0.1) is 12.4 Å². The maximum Gasteiger partial charge on any atom is 0.243 e. The first-order chi connectivity index (χ1) is 11.1. The molecular weight excluding hydrogens is 330 g/mol. The summed E-state index contributed by atoms with van der Waals surface area (Å²) in [6.45, 7) is -0.0554. The van der Waals surface area contributed by atoms with Crippen molar-refractivity contribution in [3.8, 4) is 5.75 Å². The second-order valence-electron chi connectivity index (χ2n) is 5.97. The Kier molecular flexibility index (Phi) is 8.40. The normalized spacial score (nSPS) is 13.9. The number of hydrogen-bond donors (Lipinski definition) is 3. The summed E-state index contributed by atoms with van der Waals surface area (Å²) in [6, 6.07) is 5.03. The minimum Gasteiger partial charge on any atom is -0.497 e. The van der Waals surface area contributed by atoms with E-state index >= 15 is 0 Å². The minimum absolute atomic E-state index is 0. The van der Waals surface area contributed by atoms with Crippen LogP contribution in [0.2, 0.25) is 0 Å². The van der Waals surface area contributed by atoms with E-state index < -0.39 is 0 Å². The molecule has 4 N–H and O–H groups in total. The van der Waals surface area contributed by atoms with Crippen molar-refractivity contribution in [2.24, 2.45) is 5.92 Å². The summed E-state index contributed by atoms with van der Waals surface area (Å²) in [7, 11) is 1.54. The molecule has 24 heavy (non-hydrogen) atoms. The fraction of sp³-hybridized carbons (Fsp3) is 0.529. The largest absolute Gasteiger partial charge is 0.497 e. The van der Waals surface area contributed by atoms with Gasteiger partial charge in [0, 0.05) is 12.5 Å². The van der Waals surface area contributed by atoms with Crippen molar-refractivity contribution in [2.75, 3.05) is 24.7 Å². The van der Waals surface area contributed by atoms with Gasteiger partial charge in [-0.05, 0) is 24.5 Å². The van der Waals surface area contributed by atoms with Gasteiger partial charge < -0.3 is 21.1 Å². The first-order valence-corrected chi connectivity index (χ1v) is 8.08. The van der Waals surface area contributed by atoms with Crippen molar-refractivity contribution < 1.29 is 14.3 Å². The quantitative estimate of drug-likeness (QED) is 0.655. The lowest BCUT2D eigenvalue weighted by Crippen LogP contribution is -2.33. The summed E-state index contributed by atoms with van der Waals surface area (Å²) in [5.74, 6) is 0.895. The third-order valence-electron chi connectivity index (χ3n) is 4.24. The predicted molar refractivity (Wildman–Crippen MR) is 97.5 cm³/mol. The molecule has 7 heteroatoms. The lowest BCUT2D eigenvalue weighted by molar-refractivity contribution is -0.124. The van der Waals surface area contributed by atoms with Gasteiger partial charge in [0.25, 0.3) is 0 Å². The molecule has 0 heterocycles. The maximum absolute atomic E-state index is 11.9. The Bertz CT molecular complexity index is 560. The van der Waals surface area contributed by atoms with E-state index in [0.29, 0.717) is 29.5 Å². The van der Waals surface area contributed by atoms with Crippen LogP contribution in [0.1, 0.15) is 38.5 Å². The van der Waals surface area contributed by atoms with Crippen molar-refractivity contribution in [3.05, 3.63) is 18.2 Å². The van der Waals surface area contributed by atoms with Gasteiger partial charge >= 0.3 is 0 Å². The minimum atomic E-state index is -0.306. The molecule has 2 amide bonds. The standard InChI is InChI=1S/C17H25N3O3.ClH/c1-23-13-7-8-14(18)15(10-13)20-17(22)11-19-16(21)9-6-12-4-2-3-5-12;/h7-8,10,12H,2-6,9,11,18H2,1H3,(H,19,21)(H,20,22);1H. The van der Waals surface area contributed by atoms with Crippen LogP contribution in [0.5, 0.6) is 5.75 Å². The third-order valence-corrected chi connectivity index (χ3v) is 4.24. The number of ether oxygens (including phenoxy) is 1. The molecule has 1 aliphatic rings. The number of benzene rings is 1. The number of rotatable bonds is 7. The molecule has 0 aliphatic heterocycles. The summed E-state index contributed by atoms with van der Waals surface area (Å²) in [6.07, 6.45) is 6.40. The third kappa shape index (κ3) is 6.28. The molecule has 1 aromatic rings. The summed E-state index contributed by atoms with van der Waals surface area (Å²) in [5, 5.41) is 5.33. The van der Waals surface area contributed by atoms with Crippen LogP contribution in [-0.4, -0.2) is 25.5 Å². The summed E-state index contributed by atoms with van der Waals surface area (Å²) < 4.78 is 5.09. The van der Waals surface area contributed by atoms with Gasteiger partial charge in [-0.2, -0.15) is 0 Å². The molecule has 1 fully saturated rings. The Hall–Kier alpha value is -1.95. The number of nitrogens with one attached hydrogen (secondary N) is 2. The fourth-order valence-electron chi connectivity index (χ4n) is 2.87. The molecule has 0 bridgehead atoms. The van der Waals surface area contributed by atoms with E-state index in [1.54, 1.807) is 25.3 Å². The molecule has 1 aromatic carbocycles. The monoisotopic (exact) mass is 355 g/mol. The van der Waals surface area contributed by atoms with Gasteiger partial charge in [-0.3, -0.25) is 9.59 Å². The van der Waals surface area contributed by atoms with Crippen molar-refractivity contribution >= 4 is 35.6 Å². The van der Waals surface area contributed by atoms with E-state index in [-0.39, 0.29) is 30.8 Å². The number of methoxy groups -OCH3 is 1. The molecule has 0 aromatic heterocycles. The Morgan fingerprint density at radius 1 is 1.25 bits per heavy atom. The average molecular weight is 356 g/mol. The van der Waals surface area contributed by atoms with Crippen LogP contribution in [0.3, 0.4) is 0 Å². The van der Waals surface area contributed by atoms with Crippen LogP contribution in [-0.2, 0) is 9.59 Å². The van der Waals surface area contributed by atoms with E-state index in [9.17, 15) is 9.59 Å². The first-order valence-electron chi connectivity index (χ1n) is 8.08. The molecule has 134 valence electrons. The molecule has 0 radical (unpaired) electrons. The summed E-state index contributed by atoms with van der Waals surface area (Å²) in [4.78, 5) is 23.7. The molecular formula is C17H26ClN3O3. The lowest BCUT2D eigenvalue weighted by Gasteiger charge is -2.11. The summed E-state index contributed by atoms with van der Waals surface area (Å²) >= 11 is 0. The van der Waals surface area contributed by atoms with Crippen molar-refractivity contribution in [2.45, 2.75) is 38.5 Å². The predicted octanol–water partition coefficient (Wildman–Crippen LogP) is 2.72. The fourth-order valence-corrected chi connectivity index (χ4v) is 2.87. The second kappa shape index (κ2) is 10.0. The number of carbonyl (C=O) groups excluding carboxylic acids is 2. The maximum atomic E-state index is 11.9. The van der Waals surface area contributed by atoms with Crippen LogP contribution >= 0.6 is 12.4 Å². The van der Waals surface area contributed by atoms with Gasteiger partial charge in [0.1, 0.15) is 5.75 Å². The molecule has 1 aliphatic carbocycles. The molecule has 2 rings (SSSR count). The van der Waals surface area contributed by atoms with Crippen molar-refractivity contribution in [1.29, 1.82) is 0 Å². The van der Waals surface area contributed by atoms with E-state index in [0.717, 1.165) is 6.42 Å². The smallest absolute Gasteiger partial charge is 0.243 e. The SMILES string of the molecule is COc1ccc(N)c(NC(=O)CNC(=O)CCC2CCCC2)c1.Cl. The molecule has 1 saturated carbocycles. The Morgan fingerprint density at radius 2 is 1.96 bits per heavy atom. The highest BCUT2D eigenvalue weighted by Gasteiger charge is 2.16. The van der Waals surface area contributed by atoms with Crippen LogP contribution in [0.25, 0.3) is 0 Å². The number of amides is 2. The van der Waals surface area contributed by atoms with Crippen molar-refractivity contribution in [1.82, 2.24) is 5.32 Å². The molecule has 0 spiro atoms. The zero-order valence-electron chi connectivity index (χ0n) is 14.0. The van der Waals surface area contributed by atoms with Gasteiger partial charge in [-0.1, -0.05) is 25.7 Å². The highest BCUT2D eigenvalue weighted by atomic mass is 35.5. The number of hydrogen-bond acceptors (Lipinski definition) is 4. The van der Waals surface area contributed by atoms with Crippen LogP contribution in [0.4, 0.5) is 11.4 Å². The zero-order valence-corrected chi connectivity index (χ0v) is 14.8.